The zero-order chi connectivity index (χ0) is 20.4. The number of hydrogen-bond acceptors (Lipinski definition) is 5. The first-order valence-electron chi connectivity index (χ1n) is 10.7. The Kier molecular flexibility index (Phi) is 5.83. The number of piperazine rings is 1. The van der Waals surface area contributed by atoms with Crippen molar-refractivity contribution in [2.24, 2.45) is 5.73 Å². The zero-order valence-electron chi connectivity index (χ0n) is 17.2. The van der Waals surface area contributed by atoms with E-state index in [-0.39, 0.29) is 11.8 Å². The number of unbranched alkanes of at least 4 members (excludes halogenated alkanes) is 2. The first-order chi connectivity index (χ1) is 14.2. The minimum atomic E-state index is -0.158. The van der Waals surface area contributed by atoms with Gasteiger partial charge in [-0.3, -0.25) is 19.4 Å². The molecule has 1 saturated heterocycles. The molecule has 0 atom stereocenters. The van der Waals surface area contributed by atoms with Crippen molar-refractivity contribution >= 4 is 28.3 Å². The number of nitrogens with two attached hydrogens (primary N) is 1. The Morgan fingerprint density at radius 2 is 1.62 bits per heavy atom. The van der Waals surface area contributed by atoms with Gasteiger partial charge >= 0.3 is 0 Å². The summed E-state index contributed by atoms with van der Waals surface area (Å²) < 4.78 is 0. The van der Waals surface area contributed by atoms with E-state index in [2.05, 4.69) is 22.8 Å². The quantitative estimate of drug-likeness (QED) is 0.578. The zero-order valence-corrected chi connectivity index (χ0v) is 17.2. The fraction of sp³-hybridized carbons (Fsp3) is 0.478. The lowest BCUT2D eigenvalue weighted by Gasteiger charge is -2.37. The molecule has 2 heterocycles. The monoisotopic (exact) mass is 394 g/mol. The van der Waals surface area contributed by atoms with Gasteiger partial charge in [0, 0.05) is 73.4 Å². The minimum Gasteiger partial charge on any atom is -0.368 e. The summed E-state index contributed by atoms with van der Waals surface area (Å²) in [5.74, 6) is -0.316. The van der Waals surface area contributed by atoms with E-state index < -0.39 is 0 Å². The Labute approximate surface area is 172 Å². The van der Waals surface area contributed by atoms with Crippen LogP contribution in [0.1, 0.15) is 46.9 Å². The first kappa shape index (κ1) is 19.9. The SMILES string of the molecule is CCCCCN1C(=O)c2cccc3c(N4CCN(CCN)CC4)ccc(c23)C1=O. The topological polar surface area (TPSA) is 69.9 Å². The Morgan fingerprint density at radius 1 is 0.897 bits per heavy atom. The van der Waals surface area contributed by atoms with Crippen molar-refractivity contribution in [2.75, 3.05) is 50.7 Å². The second kappa shape index (κ2) is 8.51. The summed E-state index contributed by atoms with van der Waals surface area (Å²) in [6.45, 7) is 8.01. The van der Waals surface area contributed by atoms with Crippen LogP contribution in [-0.2, 0) is 0 Å². The van der Waals surface area contributed by atoms with Crippen LogP contribution in [0.15, 0.2) is 30.3 Å². The van der Waals surface area contributed by atoms with Gasteiger partial charge in [0.1, 0.15) is 0 Å². The van der Waals surface area contributed by atoms with E-state index in [0.29, 0.717) is 24.2 Å². The fourth-order valence-corrected chi connectivity index (χ4v) is 4.52. The van der Waals surface area contributed by atoms with Gasteiger partial charge in [0.05, 0.1) is 0 Å². The van der Waals surface area contributed by atoms with Crippen molar-refractivity contribution in [3.63, 3.8) is 0 Å². The molecule has 2 aromatic rings. The van der Waals surface area contributed by atoms with E-state index in [4.69, 9.17) is 5.73 Å². The molecule has 29 heavy (non-hydrogen) atoms. The van der Waals surface area contributed by atoms with E-state index in [1.165, 1.54) is 4.90 Å². The molecule has 0 bridgehead atoms. The maximum absolute atomic E-state index is 13.1. The second-order valence-corrected chi connectivity index (χ2v) is 7.95. The minimum absolute atomic E-state index is 0.158. The molecular weight excluding hydrogens is 364 g/mol. The van der Waals surface area contributed by atoms with Crippen molar-refractivity contribution in [1.29, 1.82) is 0 Å². The average Bonchev–Trinajstić information content (AvgIpc) is 2.75. The molecule has 2 amide bonds. The third-order valence-corrected chi connectivity index (χ3v) is 6.11. The van der Waals surface area contributed by atoms with Gasteiger partial charge in [-0.1, -0.05) is 31.9 Å². The number of carbonyl (C=O) groups excluding carboxylic acids is 2. The summed E-state index contributed by atoms with van der Waals surface area (Å²) in [6, 6.07) is 9.80. The molecule has 6 nitrogen and oxygen atoms in total. The van der Waals surface area contributed by atoms with Crippen molar-refractivity contribution in [1.82, 2.24) is 9.80 Å². The smallest absolute Gasteiger partial charge is 0.261 e. The molecule has 2 aromatic carbocycles. The van der Waals surface area contributed by atoms with E-state index in [0.717, 1.165) is 68.4 Å². The van der Waals surface area contributed by atoms with Crippen molar-refractivity contribution < 1.29 is 9.59 Å². The normalized spacial score (nSPS) is 17.4. The van der Waals surface area contributed by atoms with Crippen LogP contribution < -0.4 is 10.6 Å². The molecule has 0 saturated carbocycles. The molecule has 4 rings (SSSR count). The van der Waals surface area contributed by atoms with Gasteiger partial charge in [0.2, 0.25) is 0 Å². The summed E-state index contributed by atoms with van der Waals surface area (Å²) in [7, 11) is 0. The summed E-state index contributed by atoms with van der Waals surface area (Å²) in [4.78, 5) is 32.3. The molecule has 154 valence electrons. The number of imide groups is 1. The molecule has 0 unspecified atom stereocenters. The van der Waals surface area contributed by atoms with Crippen molar-refractivity contribution in [3.8, 4) is 0 Å². The summed E-state index contributed by atoms with van der Waals surface area (Å²) in [5.41, 5.74) is 8.10. The summed E-state index contributed by atoms with van der Waals surface area (Å²) in [6.07, 6.45) is 2.93. The van der Waals surface area contributed by atoms with Crippen molar-refractivity contribution in [2.45, 2.75) is 26.2 Å². The highest BCUT2D eigenvalue weighted by atomic mass is 16.2. The Hall–Kier alpha value is -2.44. The van der Waals surface area contributed by atoms with E-state index in [1.807, 2.05) is 24.3 Å². The molecule has 0 aliphatic carbocycles. The standard InChI is InChI=1S/C23H30N4O2/c1-2-3-4-11-27-22(28)18-7-5-6-17-20(9-8-19(21(17)18)23(27)29)26-15-13-25(12-10-24)14-16-26/h5-9H,2-4,10-16,24H2,1H3. The maximum atomic E-state index is 13.1. The Balaban J connectivity index is 1.67. The Bertz CT molecular complexity index is 896. The van der Waals surface area contributed by atoms with E-state index in [1.54, 1.807) is 0 Å². The lowest BCUT2D eigenvalue weighted by molar-refractivity contribution is 0.0608. The van der Waals surface area contributed by atoms with Gasteiger partial charge in [-0.2, -0.15) is 0 Å². The number of anilines is 1. The third kappa shape index (κ3) is 3.63. The lowest BCUT2D eigenvalue weighted by atomic mass is 9.92. The highest BCUT2D eigenvalue weighted by Gasteiger charge is 2.33. The van der Waals surface area contributed by atoms with Crippen LogP contribution in [0, 0.1) is 0 Å². The highest BCUT2D eigenvalue weighted by Crippen LogP contribution is 2.36. The predicted octanol–water partition coefficient (Wildman–Crippen LogP) is 2.71. The number of benzene rings is 2. The molecule has 0 spiro atoms. The molecule has 0 aromatic heterocycles. The van der Waals surface area contributed by atoms with Crippen molar-refractivity contribution in [3.05, 3.63) is 41.5 Å². The average molecular weight is 395 g/mol. The van der Waals surface area contributed by atoms with Gasteiger partial charge in [0.25, 0.3) is 11.8 Å². The number of carbonyl (C=O) groups is 2. The molecule has 2 aliphatic heterocycles. The largest absolute Gasteiger partial charge is 0.368 e. The number of hydrogen-bond donors (Lipinski definition) is 1. The molecule has 2 aliphatic rings. The van der Waals surface area contributed by atoms with Crippen LogP contribution in [0.2, 0.25) is 0 Å². The van der Waals surface area contributed by atoms with Crippen LogP contribution in [0.4, 0.5) is 5.69 Å². The van der Waals surface area contributed by atoms with Crippen LogP contribution in [-0.4, -0.2) is 67.4 Å². The summed E-state index contributed by atoms with van der Waals surface area (Å²) in [5, 5.41) is 1.82. The van der Waals surface area contributed by atoms with Crippen LogP contribution >= 0.6 is 0 Å². The van der Waals surface area contributed by atoms with Gasteiger partial charge in [-0.05, 0) is 24.6 Å². The number of nitrogens with zero attached hydrogens (tertiary/aromatic N) is 3. The molecule has 6 heteroatoms. The van der Waals surface area contributed by atoms with Crippen LogP contribution in [0.5, 0.6) is 0 Å². The number of rotatable bonds is 7. The highest BCUT2D eigenvalue weighted by molar-refractivity contribution is 6.26. The van der Waals surface area contributed by atoms with Gasteiger partial charge < -0.3 is 10.6 Å². The van der Waals surface area contributed by atoms with E-state index >= 15 is 0 Å². The lowest BCUT2D eigenvalue weighted by Crippen LogP contribution is -2.48. The maximum Gasteiger partial charge on any atom is 0.261 e. The van der Waals surface area contributed by atoms with Crippen LogP contribution in [0.3, 0.4) is 0 Å². The van der Waals surface area contributed by atoms with Gasteiger partial charge in [0.15, 0.2) is 0 Å². The summed E-state index contributed by atoms with van der Waals surface area (Å²) >= 11 is 0. The van der Waals surface area contributed by atoms with Crippen LogP contribution in [0.25, 0.3) is 10.8 Å². The van der Waals surface area contributed by atoms with E-state index in [9.17, 15) is 9.59 Å². The van der Waals surface area contributed by atoms with Gasteiger partial charge in [-0.15, -0.1) is 0 Å². The number of amides is 2. The molecular formula is C23H30N4O2. The fourth-order valence-electron chi connectivity index (χ4n) is 4.52. The molecule has 2 N–H and O–H groups in total. The molecule has 0 radical (unpaired) electrons. The second-order valence-electron chi connectivity index (χ2n) is 7.95. The Morgan fingerprint density at radius 3 is 2.31 bits per heavy atom. The molecule has 1 fully saturated rings. The third-order valence-electron chi connectivity index (χ3n) is 6.11. The first-order valence-corrected chi connectivity index (χ1v) is 10.7. The van der Waals surface area contributed by atoms with Gasteiger partial charge in [-0.25, -0.2) is 0 Å². The predicted molar refractivity (Wildman–Crippen MR) is 117 cm³/mol.